The van der Waals surface area contributed by atoms with Gasteiger partial charge in [-0.25, -0.2) is 4.39 Å². The second kappa shape index (κ2) is 8.60. The molecule has 1 atom stereocenters. The van der Waals surface area contributed by atoms with Gasteiger partial charge >= 0.3 is 0 Å². The van der Waals surface area contributed by atoms with Crippen molar-refractivity contribution in [2.75, 3.05) is 26.7 Å². The standard InChI is InChI=1S/C20H25FN2O/c1-4-23(3)14-15(2)13-22-20(24)17-9-7-8-16(12-17)18-10-5-6-11-19(18)21/h5-12,15H,4,13-14H2,1-3H3,(H,22,24)/t15-/m0/s1. The highest BCUT2D eigenvalue weighted by Crippen LogP contribution is 2.23. The molecule has 0 aliphatic carbocycles. The summed E-state index contributed by atoms with van der Waals surface area (Å²) in [6, 6.07) is 13.7. The Bertz CT molecular complexity index is 687. The average Bonchev–Trinajstić information content (AvgIpc) is 2.60. The first-order valence-corrected chi connectivity index (χ1v) is 8.33. The minimum Gasteiger partial charge on any atom is -0.352 e. The van der Waals surface area contributed by atoms with Crippen LogP contribution < -0.4 is 5.32 Å². The van der Waals surface area contributed by atoms with E-state index in [2.05, 4.69) is 31.1 Å². The molecule has 2 aromatic rings. The van der Waals surface area contributed by atoms with E-state index in [1.165, 1.54) is 6.07 Å². The average molecular weight is 328 g/mol. The first kappa shape index (κ1) is 18.1. The second-order valence-electron chi connectivity index (χ2n) is 6.23. The molecule has 0 aromatic heterocycles. The quantitative estimate of drug-likeness (QED) is 0.838. The molecular weight excluding hydrogens is 303 g/mol. The van der Waals surface area contributed by atoms with Gasteiger partial charge in [-0.05, 0) is 43.3 Å². The fourth-order valence-corrected chi connectivity index (χ4v) is 2.62. The zero-order valence-corrected chi connectivity index (χ0v) is 14.6. The molecular formula is C20H25FN2O. The topological polar surface area (TPSA) is 32.3 Å². The van der Waals surface area contributed by atoms with Gasteiger partial charge < -0.3 is 10.2 Å². The van der Waals surface area contributed by atoms with Crippen molar-refractivity contribution in [1.82, 2.24) is 10.2 Å². The number of nitrogens with zero attached hydrogens (tertiary/aromatic N) is 1. The predicted octanol–water partition coefficient (Wildman–Crippen LogP) is 3.81. The number of carbonyl (C=O) groups is 1. The molecule has 3 nitrogen and oxygen atoms in total. The van der Waals surface area contributed by atoms with Crippen LogP contribution in [0, 0.1) is 11.7 Å². The van der Waals surface area contributed by atoms with Crippen LogP contribution in [0.25, 0.3) is 11.1 Å². The summed E-state index contributed by atoms with van der Waals surface area (Å²) in [5.74, 6) is -0.0425. The minimum atomic E-state index is -0.286. The zero-order chi connectivity index (χ0) is 17.5. The Morgan fingerprint density at radius 3 is 2.67 bits per heavy atom. The van der Waals surface area contributed by atoms with Crippen LogP contribution in [0.5, 0.6) is 0 Å². The first-order chi connectivity index (χ1) is 11.5. The fraction of sp³-hybridized carbons (Fsp3) is 0.350. The summed E-state index contributed by atoms with van der Waals surface area (Å²) >= 11 is 0. The monoisotopic (exact) mass is 328 g/mol. The van der Waals surface area contributed by atoms with Gasteiger partial charge in [-0.1, -0.05) is 44.2 Å². The number of halogens is 1. The summed E-state index contributed by atoms with van der Waals surface area (Å²) < 4.78 is 13.9. The third-order valence-electron chi connectivity index (χ3n) is 4.08. The number of carbonyl (C=O) groups excluding carboxylic acids is 1. The van der Waals surface area contributed by atoms with Gasteiger partial charge in [-0.2, -0.15) is 0 Å². The van der Waals surface area contributed by atoms with Crippen molar-refractivity contribution in [1.29, 1.82) is 0 Å². The molecule has 0 bridgehead atoms. The van der Waals surface area contributed by atoms with Gasteiger partial charge in [0.1, 0.15) is 5.82 Å². The molecule has 0 aliphatic rings. The van der Waals surface area contributed by atoms with Crippen LogP contribution >= 0.6 is 0 Å². The molecule has 0 unspecified atom stereocenters. The van der Waals surface area contributed by atoms with E-state index in [4.69, 9.17) is 0 Å². The van der Waals surface area contributed by atoms with Gasteiger partial charge in [-0.3, -0.25) is 4.79 Å². The van der Waals surface area contributed by atoms with Gasteiger partial charge in [0.2, 0.25) is 0 Å². The third-order valence-corrected chi connectivity index (χ3v) is 4.08. The molecule has 0 fully saturated rings. The molecule has 0 heterocycles. The van der Waals surface area contributed by atoms with E-state index in [9.17, 15) is 9.18 Å². The maximum Gasteiger partial charge on any atom is 0.251 e. The van der Waals surface area contributed by atoms with E-state index in [-0.39, 0.29) is 11.7 Å². The molecule has 0 aliphatic heterocycles. The highest BCUT2D eigenvalue weighted by Gasteiger charge is 2.11. The lowest BCUT2D eigenvalue weighted by Crippen LogP contribution is -2.34. The van der Waals surface area contributed by atoms with E-state index in [1.54, 1.807) is 36.4 Å². The normalized spacial score (nSPS) is 12.2. The van der Waals surface area contributed by atoms with E-state index < -0.39 is 0 Å². The highest BCUT2D eigenvalue weighted by atomic mass is 19.1. The van der Waals surface area contributed by atoms with Crippen molar-refractivity contribution < 1.29 is 9.18 Å². The highest BCUT2D eigenvalue weighted by molar-refractivity contribution is 5.95. The molecule has 1 N–H and O–H groups in total. The van der Waals surface area contributed by atoms with Crippen LogP contribution in [-0.2, 0) is 0 Å². The summed E-state index contributed by atoms with van der Waals surface area (Å²) in [6.45, 7) is 6.77. The lowest BCUT2D eigenvalue weighted by Gasteiger charge is -2.20. The van der Waals surface area contributed by atoms with E-state index in [0.29, 0.717) is 29.2 Å². The Labute approximate surface area is 143 Å². The van der Waals surface area contributed by atoms with Gasteiger partial charge in [0.05, 0.1) is 0 Å². The Morgan fingerprint density at radius 2 is 1.96 bits per heavy atom. The summed E-state index contributed by atoms with van der Waals surface area (Å²) in [6.07, 6.45) is 0. The van der Waals surface area contributed by atoms with Crippen molar-refractivity contribution in [3.63, 3.8) is 0 Å². The lowest BCUT2D eigenvalue weighted by atomic mass is 10.0. The van der Waals surface area contributed by atoms with Crippen LogP contribution in [0.2, 0.25) is 0 Å². The molecule has 4 heteroatoms. The second-order valence-corrected chi connectivity index (χ2v) is 6.23. The van der Waals surface area contributed by atoms with Gasteiger partial charge in [0.25, 0.3) is 5.91 Å². The summed E-state index contributed by atoms with van der Waals surface area (Å²) in [5.41, 5.74) is 1.76. The fourth-order valence-electron chi connectivity index (χ4n) is 2.62. The number of amides is 1. The third kappa shape index (κ3) is 4.90. The SMILES string of the molecule is CCN(C)C[C@@H](C)CNC(=O)c1cccc(-c2ccccc2F)c1. The molecule has 0 saturated carbocycles. The zero-order valence-electron chi connectivity index (χ0n) is 14.6. The number of hydrogen-bond donors (Lipinski definition) is 1. The Kier molecular flexibility index (Phi) is 6.50. The van der Waals surface area contributed by atoms with Crippen LogP contribution in [0.1, 0.15) is 24.2 Å². The van der Waals surface area contributed by atoms with Crippen molar-refractivity contribution >= 4 is 5.91 Å². The Balaban J connectivity index is 2.03. The summed E-state index contributed by atoms with van der Waals surface area (Å²) in [7, 11) is 2.07. The maximum absolute atomic E-state index is 13.9. The van der Waals surface area contributed by atoms with E-state index in [1.807, 2.05) is 6.07 Å². The molecule has 0 spiro atoms. The van der Waals surface area contributed by atoms with Crippen LogP contribution in [0.15, 0.2) is 48.5 Å². The molecule has 24 heavy (non-hydrogen) atoms. The Hall–Kier alpha value is -2.20. The maximum atomic E-state index is 13.9. The largest absolute Gasteiger partial charge is 0.352 e. The number of rotatable bonds is 7. The molecule has 0 radical (unpaired) electrons. The van der Waals surface area contributed by atoms with Crippen molar-refractivity contribution in [2.24, 2.45) is 5.92 Å². The summed E-state index contributed by atoms with van der Waals surface area (Å²) in [4.78, 5) is 14.6. The van der Waals surface area contributed by atoms with Gasteiger partial charge in [0.15, 0.2) is 0 Å². The first-order valence-electron chi connectivity index (χ1n) is 8.33. The number of hydrogen-bond acceptors (Lipinski definition) is 2. The predicted molar refractivity (Wildman–Crippen MR) is 96.5 cm³/mol. The summed E-state index contributed by atoms with van der Waals surface area (Å²) in [5, 5.41) is 2.96. The Morgan fingerprint density at radius 1 is 1.21 bits per heavy atom. The molecule has 1 amide bonds. The van der Waals surface area contributed by atoms with E-state index in [0.717, 1.165) is 13.1 Å². The van der Waals surface area contributed by atoms with Crippen molar-refractivity contribution in [3.8, 4) is 11.1 Å². The number of nitrogens with one attached hydrogen (secondary N) is 1. The lowest BCUT2D eigenvalue weighted by molar-refractivity contribution is 0.0945. The minimum absolute atomic E-state index is 0.126. The van der Waals surface area contributed by atoms with E-state index >= 15 is 0 Å². The van der Waals surface area contributed by atoms with Crippen LogP contribution in [0.3, 0.4) is 0 Å². The number of benzene rings is 2. The molecule has 0 saturated heterocycles. The van der Waals surface area contributed by atoms with Gasteiger partial charge in [-0.15, -0.1) is 0 Å². The van der Waals surface area contributed by atoms with Crippen molar-refractivity contribution in [3.05, 3.63) is 59.9 Å². The smallest absolute Gasteiger partial charge is 0.251 e. The molecule has 128 valence electrons. The van der Waals surface area contributed by atoms with Crippen LogP contribution in [-0.4, -0.2) is 37.5 Å². The van der Waals surface area contributed by atoms with Crippen molar-refractivity contribution in [2.45, 2.75) is 13.8 Å². The molecule has 2 rings (SSSR count). The van der Waals surface area contributed by atoms with Gasteiger partial charge in [0, 0.05) is 24.2 Å². The van der Waals surface area contributed by atoms with Crippen LogP contribution in [0.4, 0.5) is 4.39 Å². The molecule has 2 aromatic carbocycles.